The number of rotatable bonds is 6. The fraction of sp³-hybridized carbons (Fsp3) is 0.227. The summed E-state index contributed by atoms with van der Waals surface area (Å²) < 4.78 is 11.3. The lowest BCUT2D eigenvalue weighted by Gasteiger charge is -2.21. The molecule has 1 saturated carbocycles. The molecule has 0 spiro atoms. The van der Waals surface area contributed by atoms with Crippen LogP contribution in [0.2, 0.25) is 0 Å². The monoisotopic (exact) mass is 390 g/mol. The van der Waals surface area contributed by atoms with Gasteiger partial charge in [0.2, 0.25) is 0 Å². The Hall–Kier alpha value is -3.61. The Labute approximate surface area is 168 Å². The molecule has 0 radical (unpaired) electrons. The van der Waals surface area contributed by atoms with Gasteiger partial charge in [0, 0.05) is 17.2 Å². The van der Waals surface area contributed by atoms with Crippen LogP contribution in [0.25, 0.3) is 0 Å². The highest BCUT2D eigenvalue weighted by atomic mass is 16.5. The minimum Gasteiger partial charge on any atom is -0.488 e. The lowest BCUT2D eigenvalue weighted by molar-refractivity contribution is 0.0948. The molecule has 0 saturated heterocycles. The maximum Gasteiger partial charge on any atom is 0.251 e. The molecule has 1 aromatic carbocycles. The predicted molar refractivity (Wildman–Crippen MR) is 108 cm³/mol. The Balaban J connectivity index is 1.21. The third-order valence-electron chi connectivity index (χ3n) is 5.06. The van der Waals surface area contributed by atoms with Crippen molar-refractivity contribution >= 4 is 11.6 Å². The molecule has 148 valence electrons. The van der Waals surface area contributed by atoms with Crippen LogP contribution in [-0.4, -0.2) is 12.0 Å². The molecule has 2 atom stereocenters. The second-order valence-corrected chi connectivity index (χ2v) is 7.40. The number of hydrogen-bond donors (Lipinski definition) is 4. The van der Waals surface area contributed by atoms with Crippen LogP contribution in [0.3, 0.4) is 0 Å². The van der Waals surface area contributed by atoms with Crippen LogP contribution in [0, 0.1) is 12.8 Å². The number of carbonyl (C=O) groups is 1. The summed E-state index contributed by atoms with van der Waals surface area (Å²) in [6, 6.07) is 11.1. The van der Waals surface area contributed by atoms with Gasteiger partial charge >= 0.3 is 0 Å². The lowest BCUT2D eigenvalue weighted by Crippen LogP contribution is -2.36. The van der Waals surface area contributed by atoms with Crippen LogP contribution in [0.5, 0.6) is 0 Å². The lowest BCUT2D eigenvalue weighted by atomic mass is 10.2. The summed E-state index contributed by atoms with van der Waals surface area (Å²) in [5.74, 6) is 3.67. The van der Waals surface area contributed by atoms with E-state index in [9.17, 15) is 4.79 Å². The van der Waals surface area contributed by atoms with E-state index in [2.05, 4.69) is 27.6 Å². The fourth-order valence-electron chi connectivity index (χ4n) is 3.40. The summed E-state index contributed by atoms with van der Waals surface area (Å²) in [6.07, 6.45) is 7.59. The van der Waals surface area contributed by atoms with Crippen molar-refractivity contribution in [3.63, 3.8) is 0 Å². The summed E-state index contributed by atoms with van der Waals surface area (Å²) >= 11 is 0. The van der Waals surface area contributed by atoms with Gasteiger partial charge in [-0.05, 0) is 61.9 Å². The molecular weight excluding hydrogens is 368 g/mol. The number of carbonyl (C=O) groups excluding carboxylic acids is 1. The van der Waals surface area contributed by atoms with Crippen LogP contribution < -0.4 is 21.5 Å². The SMILES string of the molecule is Cc1ccc(CNC(=O)c2cccc(NC3=CC=C(C4=CC5CC5O4)NN3)c2)o1. The number of anilines is 1. The number of allylic oxidation sites excluding steroid dienone is 2. The molecular formula is C22H22N4O3. The van der Waals surface area contributed by atoms with E-state index in [1.54, 1.807) is 12.1 Å². The number of amides is 1. The Bertz CT molecular complexity index is 1050. The topological polar surface area (TPSA) is 87.6 Å². The number of hydrazine groups is 1. The van der Waals surface area contributed by atoms with Gasteiger partial charge in [-0.25, -0.2) is 0 Å². The molecule has 2 aromatic rings. The smallest absolute Gasteiger partial charge is 0.251 e. The van der Waals surface area contributed by atoms with Gasteiger partial charge in [0.15, 0.2) is 0 Å². The maximum absolute atomic E-state index is 12.4. The first-order valence-corrected chi connectivity index (χ1v) is 9.67. The van der Waals surface area contributed by atoms with E-state index in [1.165, 1.54) is 0 Å². The van der Waals surface area contributed by atoms with E-state index >= 15 is 0 Å². The zero-order valence-corrected chi connectivity index (χ0v) is 16.0. The molecule has 2 unspecified atom stereocenters. The third-order valence-corrected chi connectivity index (χ3v) is 5.06. The minimum atomic E-state index is -0.155. The van der Waals surface area contributed by atoms with Gasteiger partial charge in [-0.1, -0.05) is 6.07 Å². The molecule has 4 N–H and O–H groups in total. The summed E-state index contributed by atoms with van der Waals surface area (Å²) in [4.78, 5) is 12.4. The first-order valence-electron chi connectivity index (χ1n) is 9.67. The molecule has 7 nitrogen and oxygen atoms in total. The molecule has 1 aromatic heterocycles. The number of aryl methyl sites for hydroxylation is 1. The van der Waals surface area contributed by atoms with Crippen molar-refractivity contribution in [1.82, 2.24) is 16.2 Å². The first kappa shape index (κ1) is 17.5. The molecule has 5 rings (SSSR count). The van der Waals surface area contributed by atoms with E-state index in [0.29, 0.717) is 24.1 Å². The van der Waals surface area contributed by atoms with Crippen molar-refractivity contribution in [2.75, 3.05) is 5.32 Å². The maximum atomic E-state index is 12.4. The minimum absolute atomic E-state index is 0.155. The second-order valence-electron chi connectivity index (χ2n) is 7.40. The Morgan fingerprint density at radius 1 is 1.21 bits per heavy atom. The summed E-state index contributed by atoms with van der Waals surface area (Å²) in [5.41, 5.74) is 8.57. The van der Waals surface area contributed by atoms with Gasteiger partial charge in [0.05, 0.1) is 12.2 Å². The largest absolute Gasteiger partial charge is 0.488 e. The molecule has 29 heavy (non-hydrogen) atoms. The first-order chi connectivity index (χ1) is 14.1. The van der Waals surface area contributed by atoms with Gasteiger partial charge in [-0.3, -0.25) is 15.6 Å². The molecule has 0 bridgehead atoms. The van der Waals surface area contributed by atoms with Crippen LogP contribution in [0.1, 0.15) is 28.3 Å². The van der Waals surface area contributed by atoms with E-state index in [0.717, 1.165) is 40.9 Å². The van der Waals surface area contributed by atoms with Crippen molar-refractivity contribution in [2.45, 2.75) is 26.0 Å². The van der Waals surface area contributed by atoms with Gasteiger partial charge in [0.1, 0.15) is 29.2 Å². The quantitative estimate of drug-likeness (QED) is 0.606. The van der Waals surface area contributed by atoms with Crippen LogP contribution >= 0.6 is 0 Å². The van der Waals surface area contributed by atoms with Crippen molar-refractivity contribution < 1.29 is 13.9 Å². The van der Waals surface area contributed by atoms with E-state index < -0.39 is 0 Å². The number of furan rings is 1. The molecule has 3 heterocycles. The van der Waals surface area contributed by atoms with Crippen LogP contribution in [-0.2, 0) is 11.3 Å². The highest BCUT2D eigenvalue weighted by Gasteiger charge is 2.44. The number of benzene rings is 1. The Kier molecular flexibility index (Phi) is 4.27. The highest BCUT2D eigenvalue weighted by Crippen LogP contribution is 2.44. The predicted octanol–water partition coefficient (Wildman–Crippen LogP) is 3.07. The van der Waals surface area contributed by atoms with Crippen molar-refractivity contribution in [1.29, 1.82) is 0 Å². The Morgan fingerprint density at radius 3 is 2.86 bits per heavy atom. The highest BCUT2D eigenvalue weighted by molar-refractivity contribution is 5.95. The molecule has 1 aliphatic carbocycles. The van der Waals surface area contributed by atoms with Gasteiger partial charge in [-0.15, -0.1) is 0 Å². The average molecular weight is 390 g/mol. The zero-order valence-electron chi connectivity index (χ0n) is 16.0. The van der Waals surface area contributed by atoms with Crippen molar-refractivity contribution in [3.8, 4) is 0 Å². The summed E-state index contributed by atoms with van der Waals surface area (Å²) in [6.45, 7) is 2.23. The van der Waals surface area contributed by atoms with Crippen molar-refractivity contribution in [3.05, 3.63) is 89.0 Å². The number of hydrogen-bond acceptors (Lipinski definition) is 6. The van der Waals surface area contributed by atoms with Crippen LogP contribution in [0.15, 0.2) is 76.3 Å². The summed E-state index contributed by atoms with van der Waals surface area (Å²) in [7, 11) is 0. The molecule has 1 amide bonds. The molecule has 3 aliphatic rings. The van der Waals surface area contributed by atoms with Gasteiger partial charge < -0.3 is 19.8 Å². The molecule has 7 heteroatoms. The zero-order chi connectivity index (χ0) is 19.8. The van der Waals surface area contributed by atoms with E-state index in [4.69, 9.17) is 9.15 Å². The molecule has 1 fully saturated rings. The average Bonchev–Trinajstić information content (AvgIpc) is 3.13. The van der Waals surface area contributed by atoms with E-state index in [-0.39, 0.29) is 5.91 Å². The Morgan fingerprint density at radius 2 is 2.14 bits per heavy atom. The fourth-order valence-corrected chi connectivity index (χ4v) is 3.40. The standard InChI is InChI=1S/C22H22N4O3/c1-13-5-6-17(28-13)12-23-22(27)14-3-2-4-16(9-14)24-21-8-7-18(25-26-21)20-11-15-10-19(15)29-20/h2-9,11,15,19,24-26H,10,12H2,1H3,(H,23,27). The number of nitrogens with one attached hydrogen (secondary N) is 4. The number of ether oxygens (including phenoxy) is 1. The summed E-state index contributed by atoms with van der Waals surface area (Å²) in [5, 5.41) is 6.14. The van der Waals surface area contributed by atoms with Gasteiger partial charge in [-0.2, -0.15) is 0 Å². The molecule has 2 aliphatic heterocycles. The van der Waals surface area contributed by atoms with Crippen molar-refractivity contribution in [2.24, 2.45) is 5.92 Å². The van der Waals surface area contributed by atoms with E-state index in [1.807, 2.05) is 43.3 Å². The number of fused-ring (bicyclic) bond motifs is 1. The second kappa shape index (κ2) is 7.09. The third kappa shape index (κ3) is 3.85. The van der Waals surface area contributed by atoms with Crippen LogP contribution in [0.4, 0.5) is 5.69 Å². The van der Waals surface area contributed by atoms with Gasteiger partial charge in [0.25, 0.3) is 5.91 Å². The normalized spacial score (nSPS) is 21.5.